The highest BCUT2D eigenvalue weighted by Crippen LogP contribution is 2.28. The Morgan fingerprint density at radius 3 is 1.93 bits per heavy atom. The first kappa shape index (κ1) is 29.1. The van der Waals surface area contributed by atoms with Crippen LogP contribution in [0.15, 0.2) is 114 Å². The molecule has 0 spiro atoms. The Balaban J connectivity index is 1.44. The molecule has 2 amide bonds. The molecule has 7 heteroatoms. The lowest BCUT2D eigenvalue weighted by Crippen LogP contribution is -2.50. The van der Waals surface area contributed by atoms with Crippen molar-refractivity contribution >= 4 is 18.0 Å². The van der Waals surface area contributed by atoms with Gasteiger partial charge >= 0.3 is 0 Å². The van der Waals surface area contributed by atoms with Crippen molar-refractivity contribution in [2.45, 2.75) is 32.4 Å². The smallest absolute Gasteiger partial charge is 0.262 e. The average molecular weight is 550 g/mol. The Bertz CT molecular complexity index is 1400. The van der Waals surface area contributed by atoms with Crippen molar-refractivity contribution in [1.82, 2.24) is 10.7 Å². The van der Waals surface area contributed by atoms with Crippen molar-refractivity contribution in [3.05, 3.63) is 131 Å². The van der Waals surface area contributed by atoms with Gasteiger partial charge in [-0.3, -0.25) is 9.59 Å². The molecule has 41 heavy (non-hydrogen) atoms. The number of hydrogen-bond donors (Lipinski definition) is 2. The van der Waals surface area contributed by atoms with Crippen molar-refractivity contribution in [2.24, 2.45) is 11.0 Å². The second-order valence-corrected chi connectivity index (χ2v) is 9.90. The zero-order valence-electron chi connectivity index (χ0n) is 23.5. The zero-order valence-corrected chi connectivity index (χ0v) is 23.5. The van der Waals surface area contributed by atoms with Crippen molar-refractivity contribution in [3.8, 4) is 11.5 Å². The van der Waals surface area contributed by atoms with Gasteiger partial charge in [0.1, 0.15) is 12.6 Å². The van der Waals surface area contributed by atoms with Crippen LogP contribution in [-0.4, -0.2) is 31.2 Å². The van der Waals surface area contributed by atoms with Gasteiger partial charge in [0.2, 0.25) is 5.91 Å². The molecule has 7 nitrogen and oxygen atoms in total. The van der Waals surface area contributed by atoms with E-state index in [-0.39, 0.29) is 11.8 Å². The molecule has 0 radical (unpaired) electrons. The molecule has 0 aromatic heterocycles. The Morgan fingerprint density at radius 2 is 1.37 bits per heavy atom. The van der Waals surface area contributed by atoms with Crippen LogP contribution < -0.4 is 20.2 Å². The molecule has 2 N–H and O–H groups in total. The SMILES string of the molecule is COc1ccc(/C=N\NC(=O)[C@H](NC(=O)C(c2ccccc2)c2ccccc2)C(C)C)cc1OCc1ccccc1. The summed E-state index contributed by atoms with van der Waals surface area (Å²) in [5.74, 6) is -0.221. The van der Waals surface area contributed by atoms with Crippen LogP contribution in [0.2, 0.25) is 0 Å². The lowest BCUT2D eigenvalue weighted by molar-refractivity contribution is -0.130. The molecule has 0 aliphatic heterocycles. The lowest BCUT2D eigenvalue weighted by Gasteiger charge is -2.24. The van der Waals surface area contributed by atoms with E-state index in [1.807, 2.05) is 111 Å². The highest BCUT2D eigenvalue weighted by Gasteiger charge is 2.29. The number of nitrogens with zero attached hydrogens (tertiary/aromatic N) is 1. The monoisotopic (exact) mass is 549 g/mol. The molecule has 0 fully saturated rings. The van der Waals surface area contributed by atoms with Gasteiger partial charge in [0, 0.05) is 0 Å². The van der Waals surface area contributed by atoms with Crippen LogP contribution in [-0.2, 0) is 16.2 Å². The number of nitrogens with one attached hydrogen (secondary N) is 2. The molecule has 4 aromatic carbocycles. The number of ether oxygens (including phenoxy) is 2. The van der Waals surface area contributed by atoms with Gasteiger partial charge in [0.15, 0.2) is 11.5 Å². The standard InChI is InChI=1S/C34H35N3O4/c1-24(2)32(36-33(38)31(27-15-9-5-10-16-27)28-17-11-6-12-18-28)34(39)37-35-22-26-19-20-29(40-3)30(21-26)41-23-25-13-7-4-8-14-25/h4-22,24,31-32H,23H2,1-3H3,(H,36,38)(H,37,39)/b35-22-/t32-/m1/s1. The third kappa shape index (κ3) is 8.05. The van der Waals surface area contributed by atoms with Crippen LogP contribution in [0.25, 0.3) is 0 Å². The molecule has 0 heterocycles. The number of carbonyl (C=O) groups is 2. The van der Waals surface area contributed by atoms with E-state index >= 15 is 0 Å². The van der Waals surface area contributed by atoms with E-state index in [4.69, 9.17) is 9.47 Å². The van der Waals surface area contributed by atoms with E-state index in [2.05, 4.69) is 15.8 Å². The Labute approximate surface area is 241 Å². The Hall–Kier alpha value is -4.91. The minimum absolute atomic E-state index is 0.166. The van der Waals surface area contributed by atoms with E-state index in [1.165, 1.54) is 6.21 Å². The van der Waals surface area contributed by atoms with Crippen LogP contribution in [0, 0.1) is 5.92 Å². The Kier molecular flexibility index (Phi) is 10.3. The lowest BCUT2D eigenvalue weighted by atomic mass is 9.89. The molecular formula is C34H35N3O4. The predicted molar refractivity (Wildman–Crippen MR) is 161 cm³/mol. The van der Waals surface area contributed by atoms with Crippen LogP contribution in [0.3, 0.4) is 0 Å². The number of benzene rings is 4. The molecule has 1 atom stereocenters. The molecule has 0 aliphatic rings. The normalized spacial score (nSPS) is 11.8. The fourth-order valence-electron chi connectivity index (χ4n) is 4.42. The van der Waals surface area contributed by atoms with Crippen LogP contribution in [0.1, 0.15) is 42.0 Å². The maximum atomic E-state index is 13.6. The number of hydrogen-bond acceptors (Lipinski definition) is 5. The summed E-state index contributed by atoms with van der Waals surface area (Å²) in [5, 5.41) is 7.11. The molecule has 0 bridgehead atoms. The highest BCUT2D eigenvalue weighted by atomic mass is 16.5. The van der Waals surface area contributed by atoms with Crippen molar-refractivity contribution in [1.29, 1.82) is 0 Å². The van der Waals surface area contributed by atoms with Crippen LogP contribution >= 0.6 is 0 Å². The van der Waals surface area contributed by atoms with Crippen molar-refractivity contribution in [2.75, 3.05) is 7.11 Å². The summed E-state index contributed by atoms with van der Waals surface area (Å²) < 4.78 is 11.4. The summed E-state index contributed by atoms with van der Waals surface area (Å²) in [5.41, 5.74) is 6.03. The predicted octanol–water partition coefficient (Wildman–Crippen LogP) is 5.70. The minimum Gasteiger partial charge on any atom is -0.493 e. The molecular weight excluding hydrogens is 514 g/mol. The van der Waals surface area contributed by atoms with Gasteiger partial charge in [-0.25, -0.2) is 5.43 Å². The van der Waals surface area contributed by atoms with Crippen molar-refractivity contribution in [3.63, 3.8) is 0 Å². The van der Waals surface area contributed by atoms with E-state index in [1.54, 1.807) is 19.2 Å². The summed E-state index contributed by atoms with van der Waals surface area (Å²) in [6.07, 6.45) is 1.53. The molecule has 0 saturated heterocycles. The number of amides is 2. The summed E-state index contributed by atoms with van der Waals surface area (Å²) in [6, 6.07) is 33.5. The quantitative estimate of drug-likeness (QED) is 0.175. The van der Waals surface area contributed by atoms with Gasteiger partial charge in [-0.2, -0.15) is 5.10 Å². The number of rotatable bonds is 12. The van der Waals surface area contributed by atoms with Gasteiger partial charge in [-0.05, 0) is 46.4 Å². The second-order valence-electron chi connectivity index (χ2n) is 9.90. The number of methoxy groups -OCH3 is 1. The second kappa shape index (κ2) is 14.5. The van der Waals surface area contributed by atoms with E-state index < -0.39 is 17.9 Å². The summed E-state index contributed by atoms with van der Waals surface area (Å²) in [7, 11) is 1.58. The average Bonchev–Trinajstić information content (AvgIpc) is 3.00. The number of hydrazone groups is 1. The van der Waals surface area contributed by atoms with Gasteiger partial charge < -0.3 is 14.8 Å². The van der Waals surface area contributed by atoms with Gasteiger partial charge in [-0.1, -0.05) is 105 Å². The highest BCUT2D eigenvalue weighted by molar-refractivity contribution is 5.93. The first-order chi connectivity index (χ1) is 20.0. The van der Waals surface area contributed by atoms with Gasteiger partial charge in [-0.15, -0.1) is 0 Å². The maximum absolute atomic E-state index is 13.6. The summed E-state index contributed by atoms with van der Waals surface area (Å²) in [4.78, 5) is 26.7. The molecule has 4 aromatic rings. The molecule has 0 aliphatic carbocycles. The Morgan fingerprint density at radius 1 is 0.780 bits per heavy atom. The third-order valence-electron chi connectivity index (χ3n) is 6.59. The summed E-state index contributed by atoms with van der Waals surface area (Å²) >= 11 is 0. The molecule has 0 unspecified atom stereocenters. The first-order valence-electron chi connectivity index (χ1n) is 13.5. The molecule has 0 saturated carbocycles. The van der Waals surface area contributed by atoms with Crippen LogP contribution in [0.5, 0.6) is 11.5 Å². The van der Waals surface area contributed by atoms with Gasteiger partial charge in [0.05, 0.1) is 19.2 Å². The zero-order chi connectivity index (χ0) is 29.0. The topological polar surface area (TPSA) is 89.0 Å². The molecule has 4 rings (SSSR count). The molecule has 210 valence electrons. The maximum Gasteiger partial charge on any atom is 0.262 e. The van der Waals surface area contributed by atoms with E-state index in [0.717, 1.165) is 16.7 Å². The fraction of sp³-hybridized carbons (Fsp3) is 0.206. The first-order valence-corrected chi connectivity index (χ1v) is 13.5. The summed E-state index contributed by atoms with van der Waals surface area (Å²) in [6.45, 7) is 4.15. The van der Waals surface area contributed by atoms with E-state index in [0.29, 0.717) is 23.7 Å². The van der Waals surface area contributed by atoms with Crippen molar-refractivity contribution < 1.29 is 19.1 Å². The van der Waals surface area contributed by atoms with Crippen LogP contribution in [0.4, 0.5) is 0 Å². The minimum atomic E-state index is -0.782. The fourth-order valence-corrected chi connectivity index (χ4v) is 4.42. The van der Waals surface area contributed by atoms with Gasteiger partial charge in [0.25, 0.3) is 5.91 Å². The van der Waals surface area contributed by atoms with E-state index in [9.17, 15) is 9.59 Å². The third-order valence-corrected chi connectivity index (χ3v) is 6.59. The number of carbonyl (C=O) groups excluding carboxylic acids is 2. The largest absolute Gasteiger partial charge is 0.493 e.